The van der Waals surface area contributed by atoms with Crippen molar-refractivity contribution in [3.63, 3.8) is 0 Å². The lowest BCUT2D eigenvalue weighted by molar-refractivity contribution is -0.141. The summed E-state index contributed by atoms with van der Waals surface area (Å²) in [7, 11) is 0. The van der Waals surface area contributed by atoms with E-state index in [2.05, 4.69) is 4.98 Å². The molecular weight excluding hydrogens is 385 g/mol. The Balaban J connectivity index is 2.23. The van der Waals surface area contributed by atoms with E-state index in [-0.39, 0.29) is 32.7 Å². The Morgan fingerprint density at radius 3 is 2.41 bits per heavy atom. The zero-order chi connectivity index (χ0) is 20.1. The topological polar surface area (TPSA) is 72.2 Å². The van der Waals surface area contributed by atoms with E-state index in [0.29, 0.717) is 5.56 Å². The van der Waals surface area contributed by atoms with Crippen molar-refractivity contribution in [1.82, 2.24) is 9.55 Å². The molecule has 2 aromatic heterocycles. The fourth-order valence-electron chi connectivity index (χ4n) is 2.90. The van der Waals surface area contributed by atoms with Gasteiger partial charge in [0.1, 0.15) is 5.69 Å². The lowest BCUT2D eigenvalue weighted by atomic mass is 10.1. The number of carboxylic acids is 1. The number of benzene rings is 1. The van der Waals surface area contributed by atoms with Crippen LogP contribution in [0.1, 0.15) is 37.7 Å². The predicted octanol–water partition coefficient (Wildman–Crippen LogP) is 4.71. The molecule has 0 saturated heterocycles. The van der Waals surface area contributed by atoms with Gasteiger partial charge in [-0.05, 0) is 37.6 Å². The summed E-state index contributed by atoms with van der Waals surface area (Å²) in [4.78, 5) is 27.7. The third kappa shape index (κ3) is 3.16. The van der Waals surface area contributed by atoms with Crippen LogP contribution < -0.4 is 0 Å². The maximum atomic E-state index is 13.0. The van der Waals surface area contributed by atoms with Gasteiger partial charge in [-0.3, -0.25) is 9.36 Å². The highest BCUT2D eigenvalue weighted by Crippen LogP contribution is 2.33. The summed E-state index contributed by atoms with van der Waals surface area (Å²) in [5.41, 5.74) is -0.696. The van der Waals surface area contributed by atoms with E-state index >= 15 is 0 Å². The molecule has 2 heterocycles. The Hall–Kier alpha value is -2.87. The SMILES string of the molecule is Cc1cn(C(=O)c2cccc(C(=O)O)c2Cl)c2c(C)nc(C(F)(F)F)cc12. The third-order valence-electron chi connectivity index (χ3n) is 4.12. The number of hydrogen-bond acceptors (Lipinski definition) is 3. The van der Waals surface area contributed by atoms with Crippen LogP contribution >= 0.6 is 11.6 Å². The molecule has 3 rings (SSSR count). The predicted molar refractivity (Wildman–Crippen MR) is 92.3 cm³/mol. The van der Waals surface area contributed by atoms with E-state index in [0.717, 1.165) is 10.6 Å². The van der Waals surface area contributed by atoms with Gasteiger partial charge in [-0.2, -0.15) is 13.2 Å². The number of carbonyl (C=O) groups excluding carboxylic acids is 1. The second kappa shape index (κ2) is 6.38. The minimum atomic E-state index is -4.61. The minimum absolute atomic E-state index is 0.0202. The third-order valence-corrected chi connectivity index (χ3v) is 4.53. The Labute approximate surface area is 156 Å². The largest absolute Gasteiger partial charge is 0.478 e. The molecule has 0 radical (unpaired) electrons. The van der Waals surface area contributed by atoms with Crippen LogP contribution in [0.15, 0.2) is 30.5 Å². The zero-order valence-electron chi connectivity index (χ0n) is 14.1. The second-order valence-electron chi connectivity index (χ2n) is 5.95. The number of nitrogens with zero attached hydrogens (tertiary/aromatic N) is 2. The van der Waals surface area contributed by atoms with Gasteiger partial charge in [0.05, 0.1) is 27.4 Å². The molecule has 0 amide bonds. The van der Waals surface area contributed by atoms with Gasteiger partial charge < -0.3 is 5.11 Å². The second-order valence-corrected chi connectivity index (χ2v) is 6.32. The molecule has 0 bridgehead atoms. The number of carbonyl (C=O) groups is 2. The first-order valence-corrected chi connectivity index (χ1v) is 8.03. The number of rotatable bonds is 2. The van der Waals surface area contributed by atoms with Gasteiger partial charge in [0.25, 0.3) is 5.91 Å². The molecule has 3 aromatic rings. The van der Waals surface area contributed by atoms with Gasteiger partial charge in [-0.1, -0.05) is 17.7 Å². The number of halogens is 4. The Morgan fingerprint density at radius 1 is 1.19 bits per heavy atom. The van der Waals surface area contributed by atoms with Gasteiger partial charge in [0.2, 0.25) is 0 Å². The number of pyridine rings is 1. The minimum Gasteiger partial charge on any atom is -0.478 e. The molecule has 0 spiro atoms. The molecule has 0 aliphatic carbocycles. The summed E-state index contributed by atoms with van der Waals surface area (Å²) in [5, 5.41) is 9.14. The van der Waals surface area contributed by atoms with Crippen molar-refractivity contribution < 1.29 is 27.9 Å². The van der Waals surface area contributed by atoms with E-state index < -0.39 is 23.7 Å². The van der Waals surface area contributed by atoms with E-state index in [1.807, 2.05) is 0 Å². The number of aromatic carboxylic acids is 1. The highest BCUT2D eigenvalue weighted by molar-refractivity contribution is 6.36. The zero-order valence-corrected chi connectivity index (χ0v) is 14.8. The van der Waals surface area contributed by atoms with Crippen LogP contribution in [0.4, 0.5) is 13.2 Å². The monoisotopic (exact) mass is 396 g/mol. The number of carboxylic acid groups (broad SMARTS) is 1. The van der Waals surface area contributed by atoms with Crippen LogP contribution in [0, 0.1) is 13.8 Å². The first-order valence-electron chi connectivity index (χ1n) is 7.65. The summed E-state index contributed by atoms with van der Waals surface area (Å²) < 4.78 is 40.2. The van der Waals surface area contributed by atoms with Crippen molar-refractivity contribution >= 4 is 34.4 Å². The van der Waals surface area contributed by atoms with Gasteiger partial charge in [0, 0.05) is 11.6 Å². The first kappa shape index (κ1) is 18.9. The van der Waals surface area contributed by atoms with Crippen LogP contribution in [0.5, 0.6) is 0 Å². The van der Waals surface area contributed by atoms with Crippen LogP contribution in [0.25, 0.3) is 10.9 Å². The quantitative estimate of drug-likeness (QED) is 0.680. The van der Waals surface area contributed by atoms with E-state index in [4.69, 9.17) is 16.7 Å². The first-order chi connectivity index (χ1) is 12.5. The van der Waals surface area contributed by atoms with E-state index in [9.17, 15) is 22.8 Å². The van der Waals surface area contributed by atoms with Gasteiger partial charge in [-0.15, -0.1) is 0 Å². The van der Waals surface area contributed by atoms with E-state index in [1.54, 1.807) is 6.92 Å². The summed E-state index contributed by atoms with van der Waals surface area (Å²) in [5.74, 6) is -1.96. The van der Waals surface area contributed by atoms with Crippen molar-refractivity contribution in [3.8, 4) is 0 Å². The molecule has 27 heavy (non-hydrogen) atoms. The summed E-state index contributed by atoms with van der Waals surface area (Å²) >= 11 is 6.05. The fraction of sp³-hybridized carbons (Fsp3) is 0.167. The molecule has 5 nitrogen and oxygen atoms in total. The standard InChI is InChI=1S/C18H12ClF3N2O3/c1-8-7-24(15-9(2)23-13(6-12(8)15)18(20,21)22)16(25)10-4-3-5-11(14(10)19)17(26)27/h3-7H,1-2H3,(H,26,27). The fourth-order valence-corrected chi connectivity index (χ4v) is 3.18. The molecule has 140 valence electrons. The smallest absolute Gasteiger partial charge is 0.433 e. The number of aryl methyl sites for hydroxylation is 2. The molecule has 1 N–H and O–H groups in total. The molecule has 0 aliphatic heterocycles. The van der Waals surface area contributed by atoms with Crippen molar-refractivity contribution in [2.24, 2.45) is 0 Å². The lowest BCUT2D eigenvalue weighted by Gasteiger charge is -2.11. The average molecular weight is 397 g/mol. The number of hydrogen-bond donors (Lipinski definition) is 1. The van der Waals surface area contributed by atoms with Gasteiger partial charge in [-0.25, -0.2) is 9.78 Å². The van der Waals surface area contributed by atoms with Crippen LogP contribution in [0.3, 0.4) is 0 Å². The highest BCUT2D eigenvalue weighted by atomic mass is 35.5. The average Bonchev–Trinajstić information content (AvgIpc) is 2.91. The summed E-state index contributed by atoms with van der Waals surface area (Å²) in [6.45, 7) is 2.94. The Kier molecular flexibility index (Phi) is 4.47. The number of alkyl halides is 3. The van der Waals surface area contributed by atoms with Crippen LogP contribution in [0.2, 0.25) is 5.02 Å². The van der Waals surface area contributed by atoms with Crippen molar-refractivity contribution in [3.05, 3.63) is 63.6 Å². The molecule has 0 saturated carbocycles. The van der Waals surface area contributed by atoms with Crippen LogP contribution in [-0.4, -0.2) is 26.5 Å². The Morgan fingerprint density at radius 2 is 1.81 bits per heavy atom. The summed E-state index contributed by atoms with van der Waals surface area (Å²) in [6.07, 6.45) is -3.23. The van der Waals surface area contributed by atoms with Gasteiger partial charge >= 0.3 is 12.1 Å². The number of fused-ring (bicyclic) bond motifs is 1. The summed E-state index contributed by atoms with van der Waals surface area (Å²) in [6, 6.07) is 4.86. The molecule has 1 aromatic carbocycles. The molecule has 0 atom stereocenters. The van der Waals surface area contributed by atoms with Crippen molar-refractivity contribution in [2.45, 2.75) is 20.0 Å². The highest BCUT2D eigenvalue weighted by Gasteiger charge is 2.34. The molecule has 9 heteroatoms. The molecule has 0 aliphatic rings. The normalized spacial score (nSPS) is 11.8. The van der Waals surface area contributed by atoms with Crippen molar-refractivity contribution in [1.29, 1.82) is 0 Å². The molecular formula is C18H12ClF3N2O3. The molecule has 0 unspecified atom stereocenters. The molecule has 0 fully saturated rings. The van der Waals surface area contributed by atoms with Gasteiger partial charge in [0.15, 0.2) is 0 Å². The maximum Gasteiger partial charge on any atom is 0.433 e. The lowest BCUT2D eigenvalue weighted by Crippen LogP contribution is -2.15. The Bertz CT molecular complexity index is 1100. The number of aromatic nitrogens is 2. The van der Waals surface area contributed by atoms with E-state index in [1.165, 1.54) is 31.3 Å². The van der Waals surface area contributed by atoms with Crippen molar-refractivity contribution in [2.75, 3.05) is 0 Å². The maximum absolute atomic E-state index is 13.0. The van der Waals surface area contributed by atoms with Crippen LogP contribution in [-0.2, 0) is 6.18 Å².